The Labute approximate surface area is 113 Å². The Balaban J connectivity index is 2.56. The molecule has 0 radical (unpaired) electrons. The smallest absolute Gasteiger partial charge is 0.407 e. The summed E-state index contributed by atoms with van der Waals surface area (Å²) in [6, 6.07) is 6.86. The Bertz CT molecular complexity index is 427. The van der Waals surface area contributed by atoms with Gasteiger partial charge in [-0.3, -0.25) is 0 Å². The molecular formula is C14H22N2O3. The number of rotatable bonds is 4. The predicted octanol–water partition coefficient (Wildman–Crippen LogP) is 1.96. The lowest BCUT2D eigenvalue weighted by molar-refractivity contribution is 0.0525. The van der Waals surface area contributed by atoms with Gasteiger partial charge in [-0.05, 0) is 38.5 Å². The quantitative estimate of drug-likeness (QED) is 0.777. The van der Waals surface area contributed by atoms with E-state index in [0.717, 1.165) is 5.56 Å². The second kappa shape index (κ2) is 6.43. The van der Waals surface area contributed by atoms with Gasteiger partial charge in [-0.2, -0.15) is 0 Å². The van der Waals surface area contributed by atoms with Gasteiger partial charge in [-0.25, -0.2) is 4.79 Å². The summed E-state index contributed by atoms with van der Waals surface area (Å²) >= 11 is 0. The van der Waals surface area contributed by atoms with Crippen molar-refractivity contribution in [1.82, 2.24) is 5.32 Å². The van der Waals surface area contributed by atoms with E-state index < -0.39 is 11.7 Å². The molecule has 0 aliphatic heterocycles. The summed E-state index contributed by atoms with van der Waals surface area (Å²) in [4.78, 5) is 11.6. The molecule has 1 aromatic carbocycles. The number of hydrogen-bond acceptors (Lipinski definition) is 4. The van der Waals surface area contributed by atoms with E-state index in [2.05, 4.69) is 5.32 Å². The summed E-state index contributed by atoms with van der Waals surface area (Å²) < 4.78 is 5.15. The maximum absolute atomic E-state index is 11.6. The van der Waals surface area contributed by atoms with Crippen molar-refractivity contribution in [3.05, 3.63) is 29.8 Å². The second-order valence-corrected chi connectivity index (χ2v) is 5.41. The highest BCUT2D eigenvalue weighted by Gasteiger charge is 2.17. The van der Waals surface area contributed by atoms with Gasteiger partial charge in [0.25, 0.3) is 0 Å². The van der Waals surface area contributed by atoms with Gasteiger partial charge in [0.15, 0.2) is 0 Å². The Morgan fingerprint density at radius 2 is 2.16 bits per heavy atom. The Kier molecular flexibility index (Phi) is 5.18. The van der Waals surface area contributed by atoms with Crippen molar-refractivity contribution in [2.75, 3.05) is 13.1 Å². The average Bonchev–Trinajstić information content (AvgIpc) is 2.27. The van der Waals surface area contributed by atoms with Crippen LogP contribution in [0.4, 0.5) is 4.79 Å². The van der Waals surface area contributed by atoms with Crippen LogP contribution in [0.5, 0.6) is 5.75 Å². The van der Waals surface area contributed by atoms with E-state index >= 15 is 0 Å². The number of amides is 1. The molecular weight excluding hydrogens is 244 g/mol. The van der Waals surface area contributed by atoms with Crippen molar-refractivity contribution in [3.63, 3.8) is 0 Å². The van der Waals surface area contributed by atoms with E-state index in [0.29, 0.717) is 13.1 Å². The summed E-state index contributed by atoms with van der Waals surface area (Å²) in [5, 5.41) is 12.1. The third kappa shape index (κ3) is 5.61. The van der Waals surface area contributed by atoms with Crippen molar-refractivity contribution in [1.29, 1.82) is 0 Å². The molecule has 19 heavy (non-hydrogen) atoms. The number of ether oxygens (including phenoxy) is 1. The van der Waals surface area contributed by atoms with Crippen molar-refractivity contribution in [3.8, 4) is 5.75 Å². The fourth-order valence-electron chi connectivity index (χ4n) is 1.64. The van der Waals surface area contributed by atoms with Crippen molar-refractivity contribution in [2.24, 2.45) is 5.73 Å². The number of phenolic OH excluding ortho intramolecular Hbond substituents is 1. The monoisotopic (exact) mass is 266 g/mol. The number of phenols is 1. The fraction of sp³-hybridized carbons (Fsp3) is 0.500. The molecule has 1 amide bonds. The second-order valence-electron chi connectivity index (χ2n) is 5.41. The van der Waals surface area contributed by atoms with Crippen LogP contribution >= 0.6 is 0 Å². The number of nitrogens with two attached hydrogens (primary N) is 1. The average molecular weight is 266 g/mol. The molecule has 0 heterocycles. The summed E-state index contributed by atoms with van der Waals surface area (Å²) in [5.74, 6) is 0.132. The molecule has 0 saturated heterocycles. The van der Waals surface area contributed by atoms with Gasteiger partial charge in [0.2, 0.25) is 0 Å². The number of carbonyl (C=O) groups excluding carboxylic acids is 1. The van der Waals surface area contributed by atoms with Crippen molar-refractivity contribution < 1.29 is 14.6 Å². The topological polar surface area (TPSA) is 84.6 Å². The minimum Gasteiger partial charge on any atom is -0.508 e. The summed E-state index contributed by atoms with van der Waals surface area (Å²) in [7, 11) is 0. The van der Waals surface area contributed by atoms with E-state index in [4.69, 9.17) is 10.5 Å². The van der Waals surface area contributed by atoms with Gasteiger partial charge in [0.1, 0.15) is 11.4 Å². The van der Waals surface area contributed by atoms with E-state index in [9.17, 15) is 9.90 Å². The van der Waals surface area contributed by atoms with E-state index in [1.165, 1.54) is 0 Å². The van der Waals surface area contributed by atoms with Crippen molar-refractivity contribution in [2.45, 2.75) is 32.3 Å². The van der Waals surface area contributed by atoms with Crippen LogP contribution in [0, 0.1) is 0 Å². The van der Waals surface area contributed by atoms with Gasteiger partial charge < -0.3 is 20.9 Å². The van der Waals surface area contributed by atoms with E-state index in [1.54, 1.807) is 18.2 Å². The standard InChI is InChI=1S/C14H22N2O3/c1-14(2,3)19-13(18)16-9-11(8-15)10-5-4-6-12(17)7-10/h4-7,11,17H,8-9,15H2,1-3H3,(H,16,18). The first-order valence-corrected chi connectivity index (χ1v) is 6.27. The summed E-state index contributed by atoms with van der Waals surface area (Å²) in [5.41, 5.74) is 6.06. The van der Waals surface area contributed by atoms with Crippen LogP contribution < -0.4 is 11.1 Å². The van der Waals surface area contributed by atoms with Crippen LogP contribution in [0.25, 0.3) is 0 Å². The number of carbonyl (C=O) groups is 1. The first-order valence-electron chi connectivity index (χ1n) is 6.27. The highest BCUT2D eigenvalue weighted by atomic mass is 16.6. The Hall–Kier alpha value is -1.75. The highest BCUT2D eigenvalue weighted by molar-refractivity contribution is 5.67. The first-order chi connectivity index (χ1) is 8.81. The van der Waals surface area contributed by atoms with Gasteiger partial charge in [0.05, 0.1) is 0 Å². The van der Waals surface area contributed by atoms with Gasteiger partial charge in [-0.1, -0.05) is 12.1 Å². The maximum atomic E-state index is 11.6. The first kappa shape index (κ1) is 15.3. The van der Waals surface area contributed by atoms with E-state index in [-0.39, 0.29) is 11.7 Å². The number of nitrogens with one attached hydrogen (secondary N) is 1. The molecule has 0 aliphatic rings. The zero-order valence-corrected chi connectivity index (χ0v) is 11.6. The molecule has 106 valence electrons. The van der Waals surface area contributed by atoms with E-state index in [1.807, 2.05) is 26.8 Å². The van der Waals surface area contributed by atoms with Crippen molar-refractivity contribution >= 4 is 6.09 Å². The van der Waals surface area contributed by atoms with Crippen LogP contribution in [0.2, 0.25) is 0 Å². The molecule has 1 atom stereocenters. The van der Waals surface area contributed by atoms with Crippen LogP contribution in [0.15, 0.2) is 24.3 Å². The lowest BCUT2D eigenvalue weighted by Crippen LogP contribution is -2.36. The number of aromatic hydroxyl groups is 1. The minimum atomic E-state index is -0.521. The largest absolute Gasteiger partial charge is 0.508 e. The lowest BCUT2D eigenvalue weighted by atomic mass is 9.99. The molecule has 1 rings (SSSR count). The molecule has 5 heteroatoms. The molecule has 0 aliphatic carbocycles. The van der Waals surface area contributed by atoms with Crippen LogP contribution in [0.3, 0.4) is 0 Å². The predicted molar refractivity (Wildman–Crippen MR) is 74.1 cm³/mol. The van der Waals surface area contributed by atoms with Crippen LogP contribution in [-0.2, 0) is 4.74 Å². The third-order valence-corrected chi connectivity index (χ3v) is 2.52. The zero-order valence-electron chi connectivity index (χ0n) is 11.6. The summed E-state index contributed by atoms with van der Waals surface area (Å²) in [6.45, 7) is 6.17. The van der Waals surface area contributed by atoms with Gasteiger partial charge in [-0.15, -0.1) is 0 Å². The molecule has 0 fully saturated rings. The Morgan fingerprint density at radius 3 is 2.68 bits per heavy atom. The SMILES string of the molecule is CC(C)(C)OC(=O)NCC(CN)c1cccc(O)c1. The van der Waals surface area contributed by atoms with Gasteiger partial charge >= 0.3 is 6.09 Å². The molecule has 0 saturated carbocycles. The number of benzene rings is 1. The molecule has 0 aromatic heterocycles. The normalized spacial score (nSPS) is 12.8. The Morgan fingerprint density at radius 1 is 1.47 bits per heavy atom. The minimum absolute atomic E-state index is 0.0559. The number of hydrogen-bond donors (Lipinski definition) is 3. The molecule has 1 unspecified atom stereocenters. The number of alkyl carbamates (subject to hydrolysis) is 1. The molecule has 1 aromatic rings. The maximum Gasteiger partial charge on any atom is 0.407 e. The lowest BCUT2D eigenvalue weighted by Gasteiger charge is -2.21. The van der Waals surface area contributed by atoms with Crippen LogP contribution in [0.1, 0.15) is 32.3 Å². The molecule has 0 bridgehead atoms. The molecule has 0 spiro atoms. The highest BCUT2D eigenvalue weighted by Crippen LogP contribution is 2.19. The molecule has 5 nitrogen and oxygen atoms in total. The molecule has 4 N–H and O–H groups in total. The third-order valence-electron chi connectivity index (χ3n) is 2.52. The summed E-state index contributed by atoms with van der Waals surface area (Å²) in [6.07, 6.45) is -0.467. The zero-order chi connectivity index (χ0) is 14.5. The fourth-order valence-corrected chi connectivity index (χ4v) is 1.64. The van der Waals surface area contributed by atoms with Gasteiger partial charge in [0, 0.05) is 19.0 Å². The van der Waals surface area contributed by atoms with Crippen LogP contribution in [-0.4, -0.2) is 29.9 Å².